The van der Waals surface area contributed by atoms with Gasteiger partial charge in [0.1, 0.15) is 6.04 Å². The number of rotatable bonds is 5. The molecule has 0 bridgehead atoms. The molecule has 0 saturated heterocycles. The molecule has 0 spiro atoms. The fourth-order valence-electron chi connectivity index (χ4n) is 2.41. The molecule has 114 valence electrons. The van der Waals surface area contributed by atoms with E-state index < -0.39 is 23.8 Å². The molecule has 0 aromatic heterocycles. The highest BCUT2D eigenvalue weighted by Gasteiger charge is 2.26. The lowest BCUT2D eigenvalue weighted by Gasteiger charge is -2.23. The Hall–Kier alpha value is -1.59. The standard InChI is InChI=1S/C14H24N2O4/c1-9(2)8-11(14(19)20)16-13(18)12(17)15-10-6-4-3-5-7-10/h9-11H,3-8H2,1-2H3,(H,15,17)(H,16,18)(H,19,20)/t11-/m0/s1. The lowest BCUT2D eigenvalue weighted by Crippen LogP contribution is -2.50. The first-order chi connectivity index (χ1) is 9.40. The zero-order chi connectivity index (χ0) is 15.1. The second kappa shape index (κ2) is 7.87. The van der Waals surface area contributed by atoms with Gasteiger partial charge in [0.15, 0.2) is 0 Å². The summed E-state index contributed by atoms with van der Waals surface area (Å²) in [7, 11) is 0. The molecule has 0 aromatic carbocycles. The van der Waals surface area contributed by atoms with Gasteiger partial charge in [-0.3, -0.25) is 9.59 Å². The summed E-state index contributed by atoms with van der Waals surface area (Å²) >= 11 is 0. The molecule has 1 aliphatic rings. The van der Waals surface area contributed by atoms with Gasteiger partial charge in [0.05, 0.1) is 0 Å². The van der Waals surface area contributed by atoms with Gasteiger partial charge in [-0.25, -0.2) is 4.79 Å². The third-order valence-electron chi connectivity index (χ3n) is 3.46. The highest BCUT2D eigenvalue weighted by atomic mass is 16.4. The van der Waals surface area contributed by atoms with Crippen molar-refractivity contribution in [3.8, 4) is 0 Å². The van der Waals surface area contributed by atoms with Gasteiger partial charge < -0.3 is 15.7 Å². The number of carboxylic acids is 1. The number of carbonyl (C=O) groups is 3. The van der Waals surface area contributed by atoms with Gasteiger partial charge in [-0.1, -0.05) is 33.1 Å². The van der Waals surface area contributed by atoms with E-state index in [1.165, 1.54) is 0 Å². The van der Waals surface area contributed by atoms with Gasteiger partial charge in [0.25, 0.3) is 0 Å². The molecule has 1 saturated carbocycles. The summed E-state index contributed by atoms with van der Waals surface area (Å²) in [5, 5.41) is 14.0. The van der Waals surface area contributed by atoms with Crippen molar-refractivity contribution in [3.63, 3.8) is 0 Å². The number of nitrogens with one attached hydrogen (secondary N) is 2. The van der Waals surface area contributed by atoms with Crippen molar-refractivity contribution in [2.75, 3.05) is 0 Å². The minimum Gasteiger partial charge on any atom is -0.480 e. The summed E-state index contributed by atoms with van der Waals surface area (Å²) < 4.78 is 0. The maximum atomic E-state index is 11.7. The topological polar surface area (TPSA) is 95.5 Å². The predicted molar refractivity (Wildman–Crippen MR) is 74.0 cm³/mol. The van der Waals surface area contributed by atoms with Crippen molar-refractivity contribution in [3.05, 3.63) is 0 Å². The molecule has 1 fully saturated rings. The number of carboxylic acid groups (broad SMARTS) is 1. The van der Waals surface area contributed by atoms with Gasteiger partial charge in [-0.15, -0.1) is 0 Å². The molecule has 0 unspecified atom stereocenters. The molecular weight excluding hydrogens is 260 g/mol. The number of hydrogen-bond donors (Lipinski definition) is 3. The molecule has 0 aliphatic heterocycles. The van der Waals surface area contributed by atoms with Crippen LogP contribution in [0.25, 0.3) is 0 Å². The van der Waals surface area contributed by atoms with E-state index in [4.69, 9.17) is 5.11 Å². The van der Waals surface area contributed by atoms with E-state index in [-0.39, 0.29) is 12.0 Å². The van der Waals surface area contributed by atoms with Crippen LogP contribution in [0.3, 0.4) is 0 Å². The third-order valence-corrected chi connectivity index (χ3v) is 3.46. The maximum absolute atomic E-state index is 11.7. The van der Waals surface area contributed by atoms with Gasteiger partial charge in [-0.05, 0) is 25.2 Å². The van der Waals surface area contributed by atoms with E-state index >= 15 is 0 Å². The smallest absolute Gasteiger partial charge is 0.326 e. The Morgan fingerprint density at radius 1 is 1.10 bits per heavy atom. The van der Waals surface area contributed by atoms with Crippen LogP contribution >= 0.6 is 0 Å². The van der Waals surface area contributed by atoms with E-state index in [0.29, 0.717) is 6.42 Å². The van der Waals surface area contributed by atoms with Crippen LogP contribution in [0, 0.1) is 5.92 Å². The van der Waals surface area contributed by atoms with Gasteiger partial charge in [-0.2, -0.15) is 0 Å². The Balaban J connectivity index is 2.46. The quantitative estimate of drug-likeness (QED) is 0.658. The normalized spacial score (nSPS) is 17.6. The number of aliphatic carboxylic acids is 1. The second-order valence-corrected chi connectivity index (χ2v) is 5.80. The highest BCUT2D eigenvalue weighted by molar-refractivity contribution is 6.35. The average Bonchev–Trinajstić information content (AvgIpc) is 2.38. The molecule has 1 aliphatic carbocycles. The highest BCUT2D eigenvalue weighted by Crippen LogP contribution is 2.17. The molecular formula is C14H24N2O4. The zero-order valence-corrected chi connectivity index (χ0v) is 12.1. The molecule has 1 rings (SSSR count). The summed E-state index contributed by atoms with van der Waals surface area (Å²) in [5.74, 6) is -2.58. The van der Waals surface area contributed by atoms with E-state index in [0.717, 1.165) is 32.1 Å². The zero-order valence-electron chi connectivity index (χ0n) is 12.1. The largest absolute Gasteiger partial charge is 0.480 e. The first kappa shape index (κ1) is 16.5. The summed E-state index contributed by atoms with van der Waals surface area (Å²) in [6.45, 7) is 3.73. The van der Waals surface area contributed by atoms with Crippen LogP contribution < -0.4 is 10.6 Å². The van der Waals surface area contributed by atoms with Crippen molar-refractivity contribution in [1.82, 2.24) is 10.6 Å². The summed E-state index contributed by atoms with van der Waals surface area (Å²) in [4.78, 5) is 34.5. The van der Waals surface area contributed by atoms with E-state index in [1.54, 1.807) is 0 Å². The number of amides is 2. The van der Waals surface area contributed by atoms with Crippen molar-refractivity contribution in [2.24, 2.45) is 5.92 Å². The lowest BCUT2D eigenvalue weighted by molar-refractivity contribution is -0.145. The predicted octanol–water partition coefficient (Wildman–Crippen LogP) is 1.05. The van der Waals surface area contributed by atoms with E-state index in [9.17, 15) is 14.4 Å². The van der Waals surface area contributed by atoms with E-state index in [2.05, 4.69) is 10.6 Å². The Morgan fingerprint density at radius 2 is 1.70 bits per heavy atom. The summed E-state index contributed by atoms with van der Waals surface area (Å²) in [6, 6.07) is -0.977. The first-order valence-electron chi connectivity index (χ1n) is 7.24. The van der Waals surface area contributed by atoms with Crippen molar-refractivity contribution >= 4 is 17.8 Å². The Morgan fingerprint density at radius 3 is 2.20 bits per heavy atom. The second-order valence-electron chi connectivity index (χ2n) is 5.80. The lowest BCUT2D eigenvalue weighted by atomic mass is 9.95. The average molecular weight is 284 g/mol. The molecule has 6 heteroatoms. The SMILES string of the molecule is CC(C)C[C@H](NC(=O)C(=O)NC1CCCCC1)C(=O)O. The summed E-state index contributed by atoms with van der Waals surface area (Å²) in [6.07, 6.45) is 5.34. The van der Waals surface area contributed by atoms with Gasteiger partial charge in [0.2, 0.25) is 0 Å². The molecule has 3 N–H and O–H groups in total. The van der Waals surface area contributed by atoms with Crippen LogP contribution in [-0.2, 0) is 14.4 Å². The molecule has 0 radical (unpaired) electrons. The Kier molecular flexibility index (Phi) is 6.48. The monoisotopic (exact) mass is 284 g/mol. The number of hydrogen-bond acceptors (Lipinski definition) is 3. The van der Waals surface area contributed by atoms with Crippen molar-refractivity contribution < 1.29 is 19.5 Å². The van der Waals surface area contributed by atoms with Crippen molar-refractivity contribution in [1.29, 1.82) is 0 Å². The fraction of sp³-hybridized carbons (Fsp3) is 0.786. The fourth-order valence-corrected chi connectivity index (χ4v) is 2.41. The molecule has 20 heavy (non-hydrogen) atoms. The number of carbonyl (C=O) groups excluding carboxylic acids is 2. The molecule has 2 amide bonds. The van der Waals surface area contributed by atoms with Crippen LogP contribution in [0.2, 0.25) is 0 Å². The maximum Gasteiger partial charge on any atom is 0.326 e. The Bertz CT molecular complexity index is 362. The van der Waals surface area contributed by atoms with Crippen molar-refractivity contribution in [2.45, 2.75) is 64.5 Å². The van der Waals surface area contributed by atoms with Gasteiger partial charge >= 0.3 is 17.8 Å². The van der Waals surface area contributed by atoms with Crippen LogP contribution in [0.1, 0.15) is 52.4 Å². The van der Waals surface area contributed by atoms with Crippen LogP contribution in [0.5, 0.6) is 0 Å². The first-order valence-corrected chi connectivity index (χ1v) is 7.24. The van der Waals surface area contributed by atoms with Crippen LogP contribution in [-0.4, -0.2) is 35.0 Å². The van der Waals surface area contributed by atoms with Crippen LogP contribution in [0.4, 0.5) is 0 Å². The van der Waals surface area contributed by atoms with E-state index in [1.807, 2.05) is 13.8 Å². The minimum absolute atomic E-state index is 0.0374. The van der Waals surface area contributed by atoms with Crippen LogP contribution in [0.15, 0.2) is 0 Å². The third kappa shape index (κ3) is 5.59. The Labute approximate surface area is 119 Å². The minimum atomic E-state index is -1.11. The molecule has 1 atom stereocenters. The summed E-state index contributed by atoms with van der Waals surface area (Å²) in [5.41, 5.74) is 0. The van der Waals surface area contributed by atoms with Gasteiger partial charge in [0, 0.05) is 6.04 Å². The molecule has 0 aromatic rings. The molecule has 0 heterocycles. The molecule has 6 nitrogen and oxygen atoms in total.